The Balaban J connectivity index is 0.000000147. The minimum absolute atomic E-state index is 1.27. The predicted octanol–water partition coefficient (Wildman–Crippen LogP) is 10.8. The van der Waals surface area contributed by atoms with Gasteiger partial charge in [0.2, 0.25) is 0 Å². The molecule has 178 valence electrons. The number of benzene rings is 8. The summed E-state index contributed by atoms with van der Waals surface area (Å²) < 4.78 is 0. The summed E-state index contributed by atoms with van der Waals surface area (Å²) in [5.41, 5.74) is 2.57. The molecule has 0 saturated carbocycles. The van der Waals surface area contributed by atoms with Crippen LogP contribution in [-0.2, 0) is 0 Å². The van der Waals surface area contributed by atoms with E-state index in [0.717, 1.165) is 0 Å². The lowest BCUT2D eigenvalue weighted by molar-refractivity contribution is 1.69. The molecule has 0 atom stereocenters. The van der Waals surface area contributed by atoms with Crippen molar-refractivity contribution in [1.29, 1.82) is 0 Å². The number of hydrogen-bond donors (Lipinski definition) is 0. The third kappa shape index (κ3) is 4.17. The highest BCUT2D eigenvalue weighted by molar-refractivity contribution is 6.06. The average Bonchev–Trinajstić information content (AvgIpc) is 2.98. The van der Waals surface area contributed by atoms with Crippen molar-refractivity contribution in [3.63, 3.8) is 0 Å². The molecule has 0 aliphatic heterocycles. The molecule has 8 aromatic rings. The second kappa shape index (κ2) is 9.50. The zero-order valence-electron chi connectivity index (χ0n) is 21.0. The molecule has 0 aromatic heterocycles. The van der Waals surface area contributed by atoms with Crippen LogP contribution < -0.4 is 0 Å². The van der Waals surface area contributed by atoms with E-state index < -0.39 is 0 Å². The van der Waals surface area contributed by atoms with Crippen LogP contribution in [0.25, 0.3) is 65.0 Å². The standard InChI is InChI=1S/C24H16.C14H10/c1-2-7-18-14-22(13-12-17(18)6-1)23-11-5-10-21-15-19-8-3-4-9-20(19)16-24(21)23;1-2-6-12-10-14-8-4-3-7-13(14)9-11(12)5-1/h1-16H;1-10H. The normalized spacial score (nSPS) is 11.2. The van der Waals surface area contributed by atoms with Gasteiger partial charge >= 0.3 is 0 Å². The van der Waals surface area contributed by atoms with E-state index in [0.29, 0.717) is 0 Å². The largest absolute Gasteiger partial charge is 0.0616 e. The van der Waals surface area contributed by atoms with Gasteiger partial charge in [-0.15, -0.1) is 0 Å². The van der Waals surface area contributed by atoms with Crippen molar-refractivity contribution in [3.8, 4) is 11.1 Å². The quantitative estimate of drug-likeness (QED) is 0.204. The molecule has 0 nitrogen and oxygen atoms in total. The Morgan fingerprint density at radius 2 is 0.632 bits per heavy atom. The highest BCUT2D eigenvalue weighted by Gasteiger charge is 2.06. The van der Waals surface area contributed by atoms with Crippen molar-refractivity contribution >= 4 is 53.9 Å². The SMILES string of the molecule is c1ccc2cc(-c3cccc4cc5ccccc5cc34)ccc2c1.c1ccc2cc3ccccc3cc2c1. The molecule has 0 heteroatoms. The lowest BCUT2D eigenvalue weighted by Crippen LogP contribution is -1.83. The first-order valence-electron chi connectivity index (χ1n) is 13.1. The molecule has 0 unspecified atom stereocenters. The van der Waals surface area contributed by atoms with Gasteiger partial charge in [0.1, 0.15) is 0 Å². The van der Waals surface area contributed by atoms with E-state index in [-0.39, 0.29) is 0 Å². The Kier molecular flexibility index (Phi) is 5.57. The summed E-state index contributed by atoms with van der Waals surface area (Å²) in [5.74, 6) is 0. The lowest BCUT2D eigenvalue weighted by Gasteiger charge is -2.10. The van der Waals surface area contributed by atoms with Crippen molar-refractivity contribution < 1.29 is 0 Å². The number of rotatable bonds is 1. The Morgan fingerprint density at radius 3 is 1.16 bits per heavy atom. The molecule has 8 aromatic carbocycles. The van der Waals surface area contributed by atoms with Gasteiger partial charge in [0.05, 0.1) is 0 Å². The van der Waals surface area contributed by atoms with Gasteiger partial charge in [-0.25, -0.2) is 0 Å². The van der Waals surface area contributed by atoms with Crippen LogP contribution in [0.2, 0.25) is 0 Å². The van der Waals surface area contributed by atoms with E-state index in [1.165, 1.54) is 65.0 Å². The zero-order chi connectivity index (χ0) is 25.3. The minimum Gasteiger partial charge on any atom is -0.0616 e. The van der Waals surface area contributed by atoms with Crippen LogP contribution in [-0.4, -0.2) is 0 Å². The fourth-order valence-electron chi connectivity index (χ4n) is 5.46. The Bertz CT molecular complexity index is 1980. The molecule has 0 spiro atoms. The van der Waals surface area contributed by atoms with Crippen LogP contribution in [0.15, 0.2) is 158 Å². The molecule has 0 bridgehead atoms. The smallest absolute Gasteiger partial charge is 0.00990 e. The van der Waals surface area contributed by atoms with E-state index in [9.17, 15) is 0 Å². The zero-order valence-corrected chi connectivity index (χ0v) is 21.0. The van der Waals surface area contributed by atoms with E-state index in [2.05, 4.69) is 158 Å². The van der Waals surface area contributed by atoms with E-state index in [1.54, 1.807) is 0 Å². The van der Waals surface area contributed by atoms with E-state index in [4.69, 9.17) is 0 Å². The van der Waals surface area contributed by atoms with Crippen molar-refractivity contribution in [1.82, 2.24) is 0 Å². The van der Waals surface area contributed by atoms with Gasteiger partial charge in [-0.1, -0.05) is 127 Å². The van der Waals surface area contributed by atoms with E-state index in [1.807, 2.05) is 0 Å². The molecule has 0 radical (unpaired) electrons. The summed E-state index contributed by atoms with van der Waals surface area (Å²) in [7, 11) is 0. The third-order valence-corrected chi connectivity index (χ3v) is 7.42. The van der Waals surface area contributed by atoms with Crippen LogP contribution in [0.5, 0.6) is 0 Å². The van der Waals surface area contributed by atoms with Crippen LogP contribution in [0, 0.1) is 0 Å². The summed E-state index contributed by atoms with van der Waals surface area (Å²) in [4.78, 5) is 0. The van der Waals surface area contributed by atoms with Crippen molar-refractivity contribution in [3.05, 3.63) is 158 Å². The lowest BCUT2D eigenvalue weighted by atomic mass is 9.94. The maximum absolute atomic E-state index is 2.31. The molecular formula is C38H26. The number of fused-ring (bicyclic) bond motifs is 5. The topological polar surface area (TPSA) is 0 Å². The molecule has 0 N–H and O–H groups in total. The van der Waals surface area contributed by atoms with Crippen LogP contribution in [0.1, 0.15) is 0 Å². The summed E-state index contributed by atoms with van der Waals surface area (Å²) in [5, 5.41) is 13.0. The first-order valence-corrected chi connectivity index (χ1v) is 13.1. The molecule has 8 rings (SSSR count). The summed E-state index contributed by atoms with van der Waals surface area (Å²) in [6.07, 6.45) is 0. The molecule has 0 aliphatic rings. The van der Waals surface area contributed by atoms with Crippen molar-refractivity contribution in [2.75, 3.05) is 0 Å². The van der Waals surface area contributed by atoms with Gasteiger partial charge in [-0.2, -0.15) is 0 Å². The fourth-order valence-corrected chi connectivity index (χ4v) is 5.46. The average molecular weight is 483 g/mol. The molecule has 0 amide bonds. The van der Waals surface area contributed by atoms with Gasteiger partial charge in [0.25, 0.3) is 0 Å². The summed E-state index contributed by atoms with van der Waals surface area (Å²) in [6.45, 7) is 0. The minimum atomic E-state index is 1.27. The van der Waals surface area contributed by atoms with Crippen LogP contribution in [0.3, 0.4) is 0 Å². The first kappa shape index (κ1) is 22.3. The molecule has 0 fully saturated rings. The molecule has 0 saturated heterocycles. The summed E-state index contributed by atoms with van der Waals surface area (Å²) in [6, 6.07) is 56.4. The Morgan fingerprint density at radius 1 is 0.237 bits per heavy atom. The second-order valence-corrected chi connectivity index (χ2v) is 9.83. The van der Waals surface area contributed by atoms with Crippen molar-refractivity contribution in [2.45, 2.75) is 0 Å². The third-order valence-electron chi connectivity index (χ3n) is 7.42. The first-order chi connectivity index (χ1) is 18.8. The maximum Gasteiger partial charge on any atom is -0.00990 e. The Hall–Kier alpha value is -4.94. The Labute approximate surface area is 222 Å². The van der Waals surface area contributed by atoms with Gasteiger partial charge in [0.15, 0.2) is 0 Å². The molecular weight excluding hydrogens is 456 g/mol. The van der Waals surface area contributed by atoms with Crippen LogP contribution in [0.4, 0.5) is 0 Å². The molecule has 0 aliphatic carbocycles. The summed E-state index contributed by atoms with van der Waals surface area (Å²) >= 11 is 0. The number of hydrogen-bond acceptors (Lipinski definition) is 0. The van der Waals surface area contributed by atoms with Crippen molar-refractivity contribution in [2.24, 2.45) is 0 Å². The van der Waals surface area contributed by atoms with Gasteiger partial charge in [0, 0.05) is 0 Å². The van der Waals surface area contributed by atoms with Gasteiger partial charge < -0.3 is 0 Å². The van der Waals surface area contributed by atoms with Gasteiger partial charge in [-0.05, 0) is 95.3 Å². The fraction of sp³-hybridized carbons (Fsp3) is 0. The van der Waals surface area contributed by atoms with Gasteiger partial charge in [-0.3, -0.25) is 0 Å². The highest BCUT2D eigenvalue weighted by Crippen LogP contribution is 2.33. The maximum atomic E-state index is 2.31. The monoisotopic (exact) mass is 482 g/mol. The van der Waals surface area contributed by atoms with E-state index >= 15 is 0 Å². The molecule has 0 heterocycles. The van der Waals surface area contributed by atoms with Crippen LogP contribution >= 0.6 is 0 Å². The highest BCUT2D eigenvalue weighted by atomic mass is 14.1. The second-order valence-electron chi connectivity index (χ2n) is 9.83. The predicted molar refractivity (Wildman–Crippen MR) is 166 cm³/mol. The molecule has 38 heavy (non-hydrogen) atoms.